The second-order valence-electron chi connectivity index (χ2n) is 1.62. The molecular weight excluding hydrogens is 118 g/mol. The van der Waals surface area contributed by atoms with Gasteiger partial charge in [-0.2, -0.15) is 0 Å². The van der Waals surface area contributed by atoms with Crippen molar-refractivity contribution in [3.63, 3.8) is 0 Å². The van der Waals surface area contributed by atoms with Crippen LogP contribution < -0.4 is 0 Å². The molecule has 0 fully saturated rings. The van der Waals surface area contributed by atoms with Crippen molar-refractivity contribution in [2.24, 2.45) is 5.16 Å². The van der Waals surface area contributed by atoms with Crippen LogP contribution in [0, 0.1) is 0 Å². The Bertz CT molecular complexity index is 202. The number of hydrogen-bond acceptors (Lipinski definition) is 3. The molecule has 1 aromatic heterocycles. The van der Waals surface area contributed by atoms with Crippen LogP contribution in [0.3, 0.4) is 0 Å². The first-order valence-corrected chi connectivity index (χ1v) is 2.51. The van der Waals surface area contributed by atoms with Gasteiger partial charge in [-0.1, -0.05) is 5.16 Å². The Balaban J connectivity index is 2.90. The summed E-state index contributed by atoms with van der Waals surface area (Å²) in [6.45, 7) is 1.68. The molecular formula is C5H7N3O. The summed E-state index contributed by atoms with van der Waals surface area (Å²) in [5.41, 5.74) is 0. The number of imidazole rings is 1. The van der Waals surface area contributed by atoms with Crippen molar-refractivity contribution in [2.75, 3.05) is 0 Å². The Kier molecular flexibility index (Phi) is 1.48. The Morgan fingerprint density at radius 2 is 2.56 bits per heavy atom. The highest BCUT2D eigenvalue weighted by Crippen LogP contribution is 1.84. The van der Waals surface area contributed by atoms with E-state index in [1.54, 1.807) is 30.2 Å². The van der Waals surface area contributed by atoms with Gasteiger partial charge in [-0.05, 0) is 6.92 Å². The summed E-state index contributed by atoms with van der Waals surface area (Å²) in [7, 11) is 0. The second-order valence-corrected chi connectivity index (χ2v) is 1.62. The molecule has 0 aromatic carbocycles. The van der Waals surface area contributed by atoms with Crippen molar-refractivity contribution >= 4 is 5.84 Å². The van der Waals surface area contributed by atoms with Crippen LogP contribution in [0.15, 0.2) is 23.9 Å². The summed E-state index contributed by atoms with van der Waals surface area (Å²) in [4.78, 5) is 3.76. The second kappa shape index (κ2) is 2.30. The average Bonchev–Trinajstić information content (AvgIpc) is 2.37. The highest BCUT2D eigenvalue weighted by molar-refractivity contribution is 5.80. The van der Waals surface area contributed by atoms with Gasteiger partial charge in [0.05, 0.1) is 0 Å². The molecule has 48 valence electrons. The molecule has 4 heteroatoms. The van der Waals surface area contributed by atoms with E-state index in [9.17, 15) is 0 Å². The predicted octanol–water partition coefficient (Wildman–Crippen LogP) is 0.539. The third-order valence-electron chi connectivity index (χ3n) is 1.02. The van der Waals surface area contributed by atoms with Crippen molar-refractivity contribution in [3.8, 4) is 0 Å². The predicted molar refractivity (Wildman–Crippen MR) is 32.5 cm³/mol. The molecule has 0 aliphatic heterocycles. The lowest BCUT2D eigenvalue weighted by molar-refractivity contribution is 0.316. The van der Waals surface area contributed by atoms with E-state index < -0.39 is 0 Å². The molecule has 1 aromatic rings. The lowest BCUT2D eigenvalue weighted by atomic mass is 10.6. The van der Waals surface area contributed by atoms with Crippen LogP contribution in [0.5, 0.6) is 0 Å². The molecule has 0 bridgehead atoms. The van der Waals surface area contributed by atoms with Crippen LogP contribution in [-0.4, -0.2) is 20.6 Å². The van der Waals surface area contributed by atoms with Crippen molar-refractivity contribution < 1.29 is 5.21 Å². The fourth-order valence-corrected chi connectivity index (χ4v) is 0.502. The molecule has 4 nitrogen and oxygen atoms in total. The Labute approximate surface area is 52.4 Å². The number of oxime groups is 1. The van der Waals surface area contributed by atoms with Crippen LogP contribution in [0.25, 0.3) is 0 Å². The SMILES string of the molecule is C/C(=N\O)n1ccnc1. The topological polar surface area (TPSA) is 50.4 Å². The first-order valence-electron chi connectivity index (χ1n) is 2.51. The number of nitrogens with zero attached hydrogens (tertiary/aromatic N) is 3. The first-order chi connectivity index (χ1) is 4.34. The van der Waals surface area contributed by atoms with E-state index in [1.807, 2.05) is 0 Å². The molecule has 1 rings (SSSR count). The van der Waals surface area contributed by atoms with Gasteiger partial charge in [-0.15, -0.1) is 0 Å². The molecule has 0 saturated heterocycles. The summed E-state index contributed by atoms with van der Waals surface area (Å²) in [6.07, 6.45) is 4.89. The van der Waals surface area contributed by atoms with E-state index in [4.69, 9.17) is 5.21 Å². The monoisotopic (exact) mass is 125 g/mol. The maximum Gasteiger partial charge on any atom is 0.150 e. The Morgan fingerprint density at radius 1 is 1.78 bits per heavy atom. The fraction of sp³-hybridized carbons (Fsp3) is 0.200. The minimum atomic E-state index is 0.507. The molecule has 0 aliphatic carbocycles. The summed E-state index contributed by atoms with van der Waals surface area (Å²) >= 11 is 0. The first kappa shape index (κ1) is 5.81. The standard InChI is InChI=1S/C5H7N3O/c1-5(7-9)8-3-2-6-4-8/h2-4,9H,1H3/b7-5+. The summed E-state index contributed by atoms with van der Waals surface area (Å²) in [5.74, 6) is 0.507. The minimum Gasteiger partial charge on any atom is -0.409 e. The van der Waals surface area contributed by atoms with Crippen LogP contribution in [0.2, 0.25) is 0 Å². The third-order valence-corrected chi connectivity index (χ3v) is 1.02. The maximum atomic E-state index is 8.25. The third kappa shape index (κ3) is 1.07. The van der Waals surface area contributed by atoms with Gasteiger partial charge in [0, 0.05) is 12.4 Å². The van der Waals surface area contributed by atoms with Gasteiger partial charge in [-0.25, -0.2) is 4.98 Å². The van der Waals surface area contributed by atoms with Gasteiger partial charge >= 0.3 is 0 Å². The van der Waals surface area contributed by atoms with Crippen LogP contribution in [0.1, 0.15) is 6.92 Å². The quantitative estimate of drug-likeness (QED) is 0.238. The van der Waals surface area contributed by atoms with Crippen LogP contribution >= 0.6 is 0 Å². The van der Waals surface area contributed by atoms with Crippen molar-refractivity contribution in [3.05, 3.63) is 18.7 Å². The summed E-state index contributed by atoms with van der Waals surface area (Å²) < 4.78 is 1.61. The van der Waals surface area contributed by atoms with E-state index in [1.165, 1.54) is 0 Å². The number of rotatable bonds is 0. The van der Waals surface area contributed by atoms with Crippen molar-refractivity contribution in [2.45, 2.75) is 6.92 Å². The molecule has 0 saturated carbocycles. The summed E-state index contributed by atoms with van der Waals surface area (Å²) in [5, 5.41) is 11.2. The fourth-order valence-electron chi connectivity index (χ4n) is 0.502. The number of aromatic nitrogens is 2. The normalized spacial score (nSPS) is 11.9. The molecule has 0 atom stereocenters. The van der Waals surface area contributed by atoms with E-state index in [2.05, 4.69) is 10.1 Å². The smallest absolute Gasteiger partial charge is 0.150 e. The molecule has 0 aliphatic rings. The van der Waals surface area contributed by atoms with E-state index in [0.717, 1.165) is 0 Å². The Hall–Kier alpha value is -1.32. The van der Waals surface area contributed by atoms with Gasteiger partial charge < -0.3 is 5.21 Å². The average molecular weight is 125 g/mol. The van der Waals surface area contributed by atoms with Gasteiger partial charge in [0.25, 0.3) is 0 Å². The van der Waals surface area contributed by atoms with Crippen molar-refractivity contribution in [1.82, 2.24) is 9.55 Å². The molecule has 0 radical (unpaired) electrons. The zero-order chi connectivity index (χ0) is 6.69. The highest BCUT2D eigenvalue weighted by atomic mass is 16.4. The molecule has 9 heavy (non-hydrogen) atoms. The molecule has 0 amide bonds. The van der Waals surface area contributed by atoms with Gasteiger partial charge in [0.15, 0.2) is 0 Å². The van der Waals surface area contributed by atoms with Crippen LogP contribution in [-0.2, 0) is 0 Å². The largest absolute Gasteiger partial charge is 0.409 e. The summed E-state index contributed by atoms with van der Waals surface area (Å²) in [6, 6.07) is 0. The Morgan fingerprint density at radius 3 is 3.00 bits per heavy atom. The zero-order valence-electron chi connectivity index (χ0n) is 5.02. The van der Waals surface area contributed by atoms with Gasteiger partial charge in [0.2, 0.25) is 0 Å². The zero-order valence-corrected chi connectivity index (χ0v) is 5.02. The lowest BCUT2D eigenvalue weighted by Crippen LogP contribution is -2.03. The minimum absolute atomic E-state index is 0.507. The maximum absolute atomic E-state index is 8.25. The number of hydrogen-bond donors (Lipinski definition) is 1. The molecule has 1 N–H and O–H groups in total. The molecule has 0 spiro atoms. The van der Waals surface area contributed by atoms with Crippen LogP contribution in [0.4, 0.5) is 0 Å². The van der Waals surface area contributed by atoms with Gasteiger partial charge in [-0.3, -0.25) is 4.57 Å². The highest BCUT2D eigenvalue weighted by Gasteiger charge is 1.90. The molecule has 1 heterocycles. The van der Waals surface area contributed by atoms with E-state index >= 15 is 0 Å². The van der Waals surface area contributed by atoms with Crippen molar-refractivity contribution in [1.29, 1.82) is 0 Å². The lowest BCUT2D eigenvalue weighted by Gasteiger charge is -1.93. The molecule has 0 unspecified atom stereocenters. The van der Waals surface area contributed by atoms with E-state index in [0.29, 0.717) is 5.84 Å². The van der Waals surface area contributed by atoms with Gasteiger partial charge in [0.1, 0.15) is 12.2 Å². The van der Waals surface area contributed by atoms with E-state index in [-0.39, 0.29) is 0 Å².